The van der Waals surface area contributed by atoms with Crippen molar-refractivity contribution >= 4 is 0 Å². The largest absolute Gasteiger partial charge is 0.308 e. The molecule has 2 bridgehead atoms. The average molecular weight is 244 g/mol. The Kier molecular flexibility index (Phi) is 2.74. The minimum Gasteiger partial charge on any atom is -0.308 e. The van der Waals surface area contributed by atoms with Gasteiger partial charge in [0, 0.05) is 18.8 Å². The zero-order valence-electron chi connectivity index (χ0n) is 11.7. The van der Waals surface area contributed by atoms with Gasteiger partial charge < -0.3 is 5.32 Å². The van der Waals surface area contributed by atoms with Gasteiger partial charge in [0.2, 0.25) is 0 Å². The Morgan fingerprint density at radius 2 is 2.17 bits per heavy atom. The Bertz CT molecular complexity index is 426. The molecule has 1 aromatic heterocycles. The maximum Gasteiger partial charge on any atom is 0.0541 e. The highest BCUT2D eigenvalue weighted by molar-refractivity contribution is 5.13. The van der Waals surface area contributed by atoms with Gasteiger partial charge in [-0.2, -0.15) is 0 Å². The van der Waals surface area contributed by atoms with Crippen LogP contribution in [0.4, 0.5) is 0 Å². The molecule has 1 heterocycles. The molecule has 0 aliphatic heterocycles. The number of rotatable bonds is 3. The van der Waals surface area contributed by atoms with E-state index in [0.717, 1.165) is 18.2 Å². The van der Waals surface area contributed by atoms with Gasteiger partial charge in [-0.05, 0) is 48.1 Å². The lowest BCUT2D eigenvalue weighted by atomic mass is 9.69. The summed E-state index contributed by atoms with van der Waals surface area (Å²) in [4.78, 5) is 4.40. The van der Waals surface area contributed by atoms with Crippen molar-refractivity contribution in [2.24, 2.45) is 16.7 Å². The third-order valence-corrected chi connectivity index (χ3v) is 6.05. The van der Waals surface area contributed by atoms with Crippen molar-refractivity contribution < 1.29 is 0 Å². The zero-order valence-corrected chi connectivity index (χ0v) is 11.7. The molecule has 0 amide bonds. The molecule has 0 aromatic carbocycles. The molecule has 1 N–H and O–H groups in total. The van der Waals surface area contributed by atoms with Crippen LogP contribution in [0, 0.1) is 16.7 Å². The molecule has 0 saturated heterocycles. The fourth-order valence-electron chi connectivity index (χ4n) is 4.24. The van der Waals surface area contributed by atoms with E-state index in [9.17, 15) is 0 Å². The summed E-state index contributed by atoms with van der Waals surface area (Å²) in [5, 5.41) is 3.76. The van der Waals surface area contributed by atoms with Crippen molar-refractivity contribution in [1.29, 1.82) is 0 Å². The Labute approximate surface area is 110 Å². The highest BCUT2D eigenvalue weighted by Gasteiger charge is 2.60. The first kappa shape index (κ1) is 12.2. The van der Waals surface area contributed by atoms with E-state index in [1.807, 2.05) is 12.3 Å². The van der Waals surface area contributed by atoms with E-state index in [4.69, 9.17) is 0 Å². The fraction of sp³-hybridized carbons (Fsp3) is 0.688. The van der Waals surface area contributed by atoms with Crippen molar-refractivity contribution in [3.63, 3.8) is 0 Å². The van der Waals surface area contributed by atoms with Gasteiger partial charge in [0.1, 0.15) is 0 Å². The molecule has 2 nitrogen and oxygen atoms in total. The van der Waals surface area contributed by atoms with Crippen LogP contribution in [0.3, 0.4) is 0 Å². The maximum absolute atomic E-state index is 4.40. The first-order valence-corrected chi connectivity index (χ1v) is 7.17. The number of aromatic nitrogens is 1. The Hall–Kier alpha value is -0.890. The molecular weight excluding hydrogens is 220 g/mol. The molecule has 2 saturated carbocycles. The quantitative estimate of drug-likeness (QED) is 0.881. The van der Waals surface area contributed by atoms with E-state index in [-0.39, 0.29) is 0 Å². The van der Waals surface area contributed by atoms with Gasteiger partial charge in [0.15, 0.2) is 0 Å². The topological polar surface area (TPSA) is 24.9 Å². The molecule has 2 unspecified atom stereocenters. The molecule has 0 spiro atoms. The summed E-state index contributed by atoms with van der Waals surface area (Å²) in [5.41, 5.74) is 2.11. The molecule has 2 aliphatic rings. The second-order valence-corrected chi connectivity index (χ2v) is 6.87. The summed E-state index contributed by atoms with van der Waals surface area (Å²) < 4.78 is 0. The van der Waals surface area contributed by atoms with Crippen LogP contribution in [-0.4, -0.2) is 11.0 Å². The minimum atomic E-state index is 0.465. The van der Waals surface area contributed by atoms with Gasteiger partial charge in [0.25, 0.3) is 0 Å². The molecule has 2 aliphatic carbocycles. The van der Waals surface area contributed by atoms with Gasteiger partial charge in [-0.3, -0.25) is 4.98 Å². The average Bonchev–Trinajstić information content (AvgIpc) is 2.70. The molecule has 0 radical (unpaired) electrons. The van der Waals surface area contributed by atoms with Crippen molar-refractivity contribution in [2.45, 2.75) is 52.6 Å². The molecule has 2 heteroatoms. The monoisotopic (exact) mass is 244 g/mol. The highest BCUT2D eigenvalue weighted by Crippen LogP contribution is 2.65. The number of pyridine rings is 1. The van der Waals surface area contributed by atoms with Gasteiger partial charge in [-0.25, -0.2) is 0 Å². The molecular formula is C16H24N2. The van der Waals surface area contributed by atoms with Crippen LogP contribution >= 0.6 is 0 Å². The second-order valence-electron chi connectivity index (χ2n) is 6.87. The Balaban J connectivity index is 1.69. The number of nitrogens with one attached hydrogen (secondary N) is 1. The van der Waals surface area contributed by atoms with Crippen LogP contribution in [0.2, 0.25) is 0 Å². The van der Waals surface area contributed by atoms with Gasteiger partial charge in [-0.15, -0.1) is 0 Å². The molecule has 3 atom stereocenters. The van der Waals surface area contributed by atoms with Crippen molar-refractivity contribution in [2.75, 3.05) is 0 Å². The molecule has 98 valence electrons. The normalized spacial score (nSPS) is 37.1. The van der Waals surface area contributed by atoms with Gasteiger partial charge in [0.05, 0.1) is 5.69 Å². The van der Waals surface area contributed by atoms with Crippen LogP contribution in [0.25, 0.3) is 0 Å². The van der Waals surface area contributed by atoms with Crippen LogP contribution in [0.5, 0.6) is 0 Å². The minimum absolute atomic E-state index is 0.465. The third-order valence-electron chi connectivity index (χ3n) is 6.05. The van der Waals surface area contributed by atoms with Crippen molar-refractivity contribution in [3.05, 3.63) is 30.1 Å². The smallest absolute Gasteiger partial charge is 0.0541 e. The summed E-state index contributed by atoms with van der Waals surface area (Å²) in [6.07, 6.45) is 6.02. The number of hydrogen-bond acceptors (Lipinski definition) is 2. The van der Waals surface area contributed by atoms with Gasteiger partial charge >= 0.3 is 0 Å². The Morgan fingerprint density at radius 1 is 1.33 bits per heavy atom. The SMILES string of the molecule is CC1(C)C2CCC1(C)[C@@H](NCc1ccccn1)C2. The highest BCUT2D eigenvalue weighted by atomic mass is 15.0. The van der Waals surface area contributed by atoms with Crippen molar-refractivity contribution in [3.8, 4) is 0 Å². The molecule has 1 aromatic rings. The van der Waals surface area contributed by atoms with Crippen LogP contribution in [0.15, 0.2) is 24.4 Å². The second kappa shape index (κ2) is 4.06. The number of hydrogen-bond donors (Lipinski definition) is 1. The summed E-state index contributed by atoms with van der Waals surface area (Å²) in [6.45, 7) is 8.32. The van der Waals surface area contributed by atoms with E-state index >= 15 is 0 Å². The zero-order chi connectivity index (χ0) is 12.8. The van der Waals surface area contributed by atoms with E-state index in [1.54, 1.807) is 0 Å². The molecule has 3 rings (SSSR count). The summed E-state index contributed by atoms with van der Waals surface area (Å²) >= 11 is 0. The maximum atomic E-state index is 4.40. The molecule has 18 heavy (non-hydrogen) atoms. The fourth-order valence-corrected chi connectivity index (χ4v) is 4.24. The first-order chi connectivity index (χ1) is 8.54. The van der Waals surface area contributed by atoms with Crippen LogP contribution in [0.1, 0.15) is 45.7 Å². The Morgan fingerprint density at radius 3 is 2.72 bits per heavy atom. The lowest BCUT2D eigenvalue weighted by Crippen LogP contribution is -2.44. The lowest BCUT2D eigenvalue weighted by Gasteiger charge is -2.39. The standard InChI is InChI=1S/C16H24N2/c1-15(2)12-7-8-16(15,3)14(10-12)18-11-13-6-4-5-9-17-13/h4-6,9,12,14,18H,7-8,10-11H2,1-3H3/t12?,14-,16?/m0/s1. The summed E-state index contributed by atoms with van der Waals surface area (Å²) in [6, 6.07) is 6.81. The molecule has 2 fully saturated rings. The van der Waals surface area contributed by atoms with E-state index in [0.29, 0.717) is 16.9 Å². The predicted octanol–water partition coefficient (Wildman–Crippen LogP) is 3.39. The summed E-state index contributed by atoms with van der Waals surface area (Å²) in [5.74, 6) is 0.906. The number of nitrogens with zero attached hydrogens (tertiary/aromatic N) is 1. The van der Waals surface area contributed by atoms with E-state index in [1.165, 1.54) is 19.3 Å². The third kappa shape index (κ3) is 1.62. The predicted molar refractivity (Wildman–Crippen MR) is 74.1 cm³/mol. The van der Waals surface area contributed by atoms with Gasteiger partial charge in [-0.1, -0.05) is 26.8 Å². The van der Waals surface area contributed by atoms with Crippen LogP contribution < -0.4 is 5.32 Å². The first-order valence-electron chi connectivity index (χ1n) is 7.17. The van der Waals surface area contributed by atoms with Crippen LogP contribution in [-0.2, 0) is 6.54 Å². The number of fused-ring (bicyclic) bond motifs is 2. The van der Waals surface area contributed by atoms with E-state index < -0.39 is 0 Å². The summed E-state index contributed by atoms with van der Waals surface area (Å²) in [7, 11) is 0. The lowest BCUT2D eigenvalue weighted by molar-refractivity contribution is 0.120. The van der Waals surface area contributed by atoms with Crippen molar-refractivity contribution in [1.82, 2.24) is 10.3 Å². The van der Waals surface area contributed by atoms with E-state index in [2.05, 4.69) is 43.2 Å².